The Balaban J connectivity index is 2.15. The van der Waals surface area contributed by atoms with E-state index >= 15 is 0 Å². The molecule has 0 atom stereocenters. The van der Waals surface area contributed by atoms with Crippen LogP contribution < -0.4 is 0 Å². The van der Waals surface area contributed by atoms with Crippen molar-refractivity contribution in [2.24, 2.45) is 7.05 Å². The lowest BCUT2D eigenvalue weighted by molar-refractivity contribution is 0.663. The van der Waals surface area contributed by atoms with Gasteiger partial charge in [0.25, 0.3) is 0 Å². The molecule has 1 rings (SSSR count). The summed E-state index contributed by atoms with van der Waals surface area (Å²) in [4.78, 5) is 0. The standard InChI is InChI=1S/C10H17N2/c1-3-4-5-6-7-10-8-9-12(2)11-10/h8-9H,1,3-7H2,2H3. The molecule has 2 heteroatoms. The van der Waals surface area contributed by atoms with E-state index in [0.29, 0.717) is 0 Å². The van der Waals surface area contributed by atoms with Gasteiger partial charge < -0.3 is 0 Å². The van der Waals surface area contributed by atoms with E-state index in [1.54, 1.807) is 0 Å². The molecule has 0 amide bonds. The second kappa shape index (κ2) is 4.96. The van der Waals surface area contributed by atoms with E-state index in [4.69, 9.17) is 0 Å². The van der Waals surface area contributed by atoms with Crippen molar-refractivity contribution in [3.63, 3.8) is 0 Å². The van der Waals surface area contributed by atoms with Crippen LogP contribution in [0.15, 0.2) is 12.3 Å². The molecule has 0 bridgehead atoms. The van der Waals surface area contributed by atoms with Crippen LogP contribution in [0.3, 0.4) is 0 Å². The van der Waals surface area contributed by atoms with Gasteiger partial charge in [0.2, 0.25) is 0 Å². The SMILES string of the molecule is [CH2]CCCCCc1ccn(C)n1. The zero-order chi connectivity index (χ0) is 8.81. The van der Waals surface area contributed by atoms with Gasteiger partial charge in [-0.15, -0.1) is 0 Å². The van der Waals surface area contributed by atoms with E-state index < -0.39 is 0 Å². The fraction of sp³-hybridized carbons (Fsp3) is 0.600. The molecular formula is C10H17N2. The van der Waals surface area contributed by atoms with E-state index in [1.165, 1.54) is 25.0 Å². The van der Waals surface area contributed by atoms with Crippen LogP contribution in [0.4, 0.5) is 0 Å². The zero-order valence-corrected chi connectivity index (χ0v) is 7.79. The number of aromatic nitrogens is 2. The molecule has 0 aliphatic rings. The molecule has 1 aromatic rings. The second-order valence-electron chi connectivity index (χ2n) is 3.14. The molecule has 12 heavy (non-hydrogen) atoms. The quantitative estimate of drug-likeness (QED) is 0.612. The van der Waals surface area contributed by atoms with Crippen molar-refractivity contribution in [1.29, 1.82) is 0 Å². The molecule has 0 fully saturated rings. The third-order valence-corrected chi connectivity index (χ3v) is 1.95. The molecule has 1 aromatic heterocycles. The first kappa shape index (κ1) is 9.30. The molecule has 0 spiro atoms. The van der Waals surface area contributed by atoms with Crippen LogP contribution in [-0.4, -0.2) is 9.78 Å². The van der Waals surface area contributed by atoms with E-state index in [0.717, 1.165) is 12.8 Å². The Bertz CT molecular complexity index is 215. The number of unbranched alkanes of at least 4 members (excludes halogenated alkanes) is 3. The molecule has 0 aliphatic carbocycles. The average Bonchev–Trinajstić information content (AvgIpc) is 2.45. The Hall–Kier alpha value is -0.790. The second-order valence-corrected chi connectivity index (χ2v) is 3.14. The van der Waals surface area contributed by atoms with Crippen LogP contribution in [-0.2, 0) is 13.5 Å². The van der Waals surface area contributed by atoms with Gasteiger partial charge in [0.05, 0.1) is 5.69 Å². The van der Waals surface area contributed by atoms with E-state index in [2.05, 4.69) is 18.1 Å². The molecule has 0 N–H and O–H groups in total. The number of aryl methyl sites for hydroxylation is 2. The molecule has 0 aliphatic heterocycles. The molecular weight excluding hydrogens is 148 g/mol. The van der Waals surface area contributed by atoms with Crippen molar-refractivity contribution in [2.45, 2.75) is 32.1 Å². The smallest absolute Gasteiger partial charge is 0.0624 e. The summed E-state index contributed by atoms with van der Waals surface area (Å²) in [6.07, 6.45) is 7.93. The van der Waals surface area contributed by atoms with Gasteiger partial charge in [-0.1, -0.05) is 26.2 Å². The zero-order valence-electron chi connectivity index (χ0n) is 7.79. The van der Waals surface area contributed by atoms with Crippen molar-refractivity contribution in [2.75, 3.05) is 0 Å². The summed E-state index contributed by atoms with van der Waals surface area (Å²) in [6.45, 7) is 3.81. The van der Waals surface area contributed by atoms with Crippen LogP contribution in [0.1, 0.15) is 31.4 Å². The van der Waals surface area contributed by atoms with Crippen molar-refractivity contribution in [1.82, 2.24) is 9.78 Å². The molecule has 0 saturated heterocycles. The van der Waals surface area contributed by atoms with Gasteiger partial charge in [-0.2, -0.15) is 5.10 Å². The molecule has 67 valence electrons. The van der Waals surface area contributed by atoms with Gasteiger partial charge in [-0.05, 0) is 18.9 Å². The maximum atomic E-state index is 4.31. The lowest BCUT2D eigenvalue weighted by Crippen LogP contribution is -1.91. The van der Waals surface area contributed by atoms with E-state index in [1.807, 2.05) is 17.9 Å². The van der Waals surface area contributed by atoms with Gasteiger partial charge >= 0.3 is 0 Å². The van der Waals surface area contributed by atoms with Crippen molar-refractivity contribution < 1.29 is 0 Å². The van der Waals surface area contributed by atoms with Crippen molar-refractivity contribution >= 4 is 0 Å². The molecule has 0 unspecified atom stereocenters. The lowest BCUT2D eigenvalue weighted by atomic mass is 10.1. The summed E-state index contributed by atoms with van der Waals surface area (Å²) >= 11 is 0. The Morgan fingerprint density at radius 2 is 2.25 bits per heavy atom. The van der Waals surface area contributed by atoms with Crippen molar-refractivity contribution in [3.05, 3.63) is 24.9 Å². The van der Waals surface area contributed by atoms with Crippen LogP contribution >= 0.6 is 0 Å². The first-order chi connectivity index (χ1) is 5.83. The molecule has 1 heterocycles. The molecule has 0 aromatic carbocycles. The van der Waals surface area contributed by atoms with E-state index in [-0.39, 0.29) is 0 Å². The maximum Gasteiger partial charge on any atom is 0.0624 e. The van der Waals surface area contributed by atoms with Gasteiger partial charge in [-0.3, -0.25) is 4.68 Å². The fourth-order valence-corrected chi connectivity index (χ4v) is 1.26. The van der Waals surface area contributed by atoms with Crippen LogP contribution in [0.25, 0.3) is 0 Å². The first-order valence-corrected chi connectivity index (χ1v) is 4.60. The topological polar surface area (TPSA) is 17.8 Å². The van der Waals surface area contributed by atoms with Crippen LogP contribution in [0.5, 0.6) is 0 Å². The summed E-state index contributed by atoms with van der Waals surface area (Å²) < 4.78 is 1.86. The predicted octanol–water partition coefficient (Wildman–Crippen LogP) is 2.36. The highest BCUT2D eigenvalue weighted by atomic mass is 15.2. The third-order valence-electron chi connectivity index (χ3n) is 1.95. The Morgan fingerprint density at radius 3 is 2.83 bits per heavy atom. The monoisotopic (exact) mass is 165 g/mol. The predicted molar refractivity (Wildman–Crippen MR) is 50.7 cm³/mol. The van der Waals surface area contributed by atoms with Gasteiger partial charge in [0.15, 0.2) is 0 Å². The average molecular weight is 165 g/mol. The molecule has 1 radical (unpaired) electrons. The number of nitrogens with zero attached hydrogens (tertiary/aromatic N) is 2. The first-order valence-electron chi connectivity index (χ1n) is 4.60. The minimum atomic E-state index is 1.06. The number of hydrogen-bond donors (Lipinski definition) is 0. The molecule has 0 saturated carbocycles. The minimum absolute atomic E-state index is 1.06. The number of hydrogen-bond acceptors (Lipinski definition) is 1. The highest BCUT2D eigenvalue weighted by Gasteiger charge is 1.95. The normalized spacial score (nSPS) is 10.5. The lowest BCUT2D eigenvalue weighted by Gasteiger charge is -1.95. The Kier molecular flexibility index (Phi) is 3.85. The number of rotatable bonds is 5. The maximum absolute atomic E-state index is 4.31. The summed E-state index contributed by atoms with van der Waals surface area (Å²) in [6, 6.07) is 2.09. The fourth-order valence-electron chi connectivity index (χ4n) is 1.26. The molecule has 2 nitrogen and oxygen atoms in total. The van der Waals surface area contributed by atoms with E-state index in [9.17, 15) is 0 Å². The summed E-state index contributed by atoms with van der Waals surface area (Å²) in [7, 11) is 1.96. The Labute approximate surface area is 74.6 Å². The minimum Gasteiger partial charge on any atom is -0.276 e. The third kappa shape index (κ3) is 3.07. The highest BCUT2D eigenvalue weighted by Crippen LogP contribution is 2.04. The largest absolute Gasteiger partial charge is 0.276 e. The summed E-state index contributed by atoms with van der Waals surface area (Å²) in [5.41, 5.74) is 1.21. The van der Waals surface area contributed by atoms with Gasteiger partial charge in [0, 0.05) is 13.2 Å². The Morgan fingerprint density at radius 1 is 1.42 bits per heavy atom. The van der Waals surface area contributed by atoms with Crippen LogP contribution in [0.2, 0.25) is 0 Å². The highest BCUT2D eigenvalue weighted by molar-refractivity contribution is 4.98. The van der Waals surface area contributed by atoms with Crippen molar-refractivity contribution in [3.8, 4) is 0 Å². The van der Waals surface area contributed by atoms with Gasteiger partial charge in [-0.25, -0.2) is 0 Å². The summed E-state index contributed by atoms with van der Waals surface area (Å²) in [5.74, 6) is 0. The van der Waals surface area contributed by atoms with Crippen LogP contribution in [0, 0.1) is 6.92 Å². The summed E-state index contributed by atoms with van der Waals surface area (Å²) in [5, 5.41) is 4.31. The van der Waals surface area contributed by atoms with Gasteiger partial charge in [0.1, 0.15) is 0 Å².